The molecule has 3 aromatic carbocycles. The number of ether oxygens (including phenoxy) is 2. The molecule has 3 aromatic rings. The van der Waals surface area contributed by atoms with Gasteiger partial charge in [0.2, 0.25) is 0 Å². The number of hydrogen-bond acceptors (Lipinski definition) is 6. The Hall–Kier alpha value is -3.68. The lowest BCUT2D eigenvalue weighted by Crippen LogP contribution is -2.35. The van der Waals surface area contributed by atoms with Crippen LogP contribution >= 0.6 is 23.2 Å². The lowest BCUT2D eigenvalue weighted by atomic mass is 10.1. The zero-order valence-corrected chi connectivity index (χ0v) is 18.4. The average Bonchev–Trinajstić information content (AvgIpc) is 3.03. The van der Waals surface area contributed by atoms with Gasteiger partial charge in [-0.05, 0) is 42.0 Å². The molecule has 2 amide bonds. The Morgan fingerprint density at radius 3 is 1.97 bits per heavy atom. The number of carbonyl (C=O) groups excluding carboxylic acids is 4. The van der Waals surface area contributed by atoms with Crippen LogP contribution in [0.2, 0.25) is 10.0 Å². The minimum Gasteiger partial charge on any atom is -0.459 e. The van der Waals surface area contributed by atoms with Crippen molar-refractivity contribution in [1.29, 1.82) is 0 Å². The van der Waals surface area contributed by atoms with Crippen molar-refractivity contribution in [2.24, 2.45) is 0 Å². The van der Waals surface area contributed by atoms with Crippen molar-refractivity contribution in [3.63, 3.8) is 0 Å². The molecule has 9 heteroatoms. The fraction of sp³-hybridized carbons (Fsp3) is 0.0833. The molecule has 4 rings (SSSR count). The van der Waals surface area contributed by atoms with E-state index in [-0.39, 0.29) is 27.8 Å². The lowest BCUT2D eigenvalue weighted by molar-refractivity contribution is -0.145. The van der Waals surface area contributed by atoms with E-state index in [1.165, 1.54) is 12.1 Å². The molecule has 1 heterocycles. The SMILES string of the molecule is O=C(CN1C(=O)c2cc(Cl)c(Cl)cc2C1=O)OCc1ccc(C(=O)Oc2ccccc2)cc1. The molecule has 1 aliphatic rings. The fourth-order valence-electron chi connectivity index (χ4n) is 3.16. The zero-order chi connectivity index (χ0) is 23.5. The quantitative estimate of drug-likeness (QED) is 0.290. The van der Waals surface area contributed by atoms with Crippen LogP contribution in [0.3, 0.4) is 0 Å². The first-order valence-corrected chi connectivity index (χ1v) is 10.5. The maximum Gasteiger partial charge on any atom is 0.343 e. The van der Waals surface area contributed by atoms with Crippen LogP contribution in [0.25, 0.3) is 0 Å². The molecule has 33 heavy (non-hydrogen) atoms. The molecule has 7 nitrogen and oxygen atoms in total. The van der Waals surface area contributed by atoms with Crippen LogP contribution < -0.4 is 4.74 Å². The first kappa shape index (κ1) is 22.5. The maximum atomic E-state index is 12.5. The van der Waals surface area contributed by atoms with Crippen molar-refractivity contribution in [2.45, 2.75) is 6.61 Å². The van der Waals surface area contributed by atoms with Gasteiger partial charge >= 0.3 is 11.9 Å². The van der Waals surface area contributed by atoms with Crippen molar-refractivity contribution in [2.75, 3.05) is 6.54 Å². The maximum absolute atomic E-state index is 12.5. The Labute approximate surface area is 198 Å². The molecule has 0 N–H and O–H groups in total. The molecule has 0 radical (unpaired) electrons. The van der Waals surface area contributed by atoms with Gasteiger partial charge in [-0.1, -0.05) is 53.5 Å². The average molecular weight is 484 g/mol. The third kappa shape index (κ3) is 4.89. The minimum atomic E-state index is -0.769. The van der Waals surface area contributed by atoms with Crippen LogP contribution in [-0.4, -0.2) is 35.2 Å². The van der Waals surface area contributed by atoms with Crippen LogP contribution in [-0.2, 0) is 16.1 Å². The number of hydrogen-bond donors (Lipinski definition) is 0. The Morgan fingerprint density at radius 2 is 1.39 bits per heavy atom. The van der Waals surface area contributed by atoms with Gasteiger partial charge in [0.15, 0.2) is 0 Å². The molecule has 0 bridgehead atoms. The summed E-state index contributed by atoms with van der Waals surface area (Å²) in [6, 6.07) is 17.6. The van der Waals surface area contributed by atoms with E-state index < -0.39 is 30.3 Å². The van der Waals surface area contributed by atoms with Crippen LogP contribution in [0.15, 0.2) is 66.7 Å². The number of fused-ring (bicyclic) bond motifs is 1. The number of halogens is 2. The predicted molar refractivity (Wildman–Crippen MR) is 119 cm³/mol. The summed E-state index contributed by atoms with van der Waals surface area (Å²) in [4.78, 5) is 50.1. The van der Waals surface area contributed by atoms with Crippen LogP contribution in [0, 0.1) is 0 Å². The van der Waals surface area contributed by atoms with Gasteiger partial charge in [-0.15, -0.1) is 0 Å². The predicted octanol–water partition coefficient (Wildman–Crippen LogP) is 4.55. The molecule has 0 aliphatic carbocycles. The molecule has 0 unspecified atom stereocenters. The molecular weight excluding hydrogens is 469 g/mol. The molecule has 166 valence electrons. The normalized spacial score (nSPS) is 12.5. The van der Waals surface area contributed by atoms with Crippen molar-refractivity contribution in [3.8, 4) is 5.75 Å². The second-order valence-electron chi connectivity index (χ2n) is 7.07. The Kier molecular flexibility index (Phi) is 6.44. The first-order valence-electron chi connectivity index (χ1n) is 9.70. The number of para-hydroxylation sites is 1. The molecule has 0 atom stereocenters. The van der Waals surface area contributed by atoms with Crippen molar-refractivity contribution in [1.82, 2.24) is 4.90 Å². The number of benzene rings is 3. The van der Waals surface area contributed by atoms with E-state index in [0.717, 1.165) is 4.90 Å². The van der Waals surface area contributed by atoms with Crippen LogP contribution in [0.5, 0.6) is 5.75 Å². The van der Waals surface area contributed by atoms with Gasteiger partial charge in [0.25, 0.3) is 11.8 Å². The van der Waals surface area contributed by atoms with E-state index in [9.17, 15) is 19.2 Å². The summed E-state index contributed by atoms with van der Waals surface area (Å²) in [7, 11) is 0. The summed E-state index contributed by atoms with van der Waals surface area (Å²) in [5.41, 5.74) is 1.11. The highest BCUT2D eigenvalue weighted by molar-refractivity contribution is 6.43. The van der Waals surface area contributed by atoms with E-state index in [2.05, 4.69) is 0 Å². The highest BCUT2D eigenvalue weighted by atomic mass is 35.5. The van der Waals surface area contributed by atoms with Gasteiger partial charge < -0.3 is 9.47 Å². The number of carbonyl (C=O) groups is 4. The molecule has 1 aliphatic heterocycles. The van der Waals surface area contributed by atoms with E-state index >= 15 is 0 Å². The fourth-order valence-corrected chi connectivity index (χ4v) is 3.48. The third-order valence-electron chi connectivity index (χ3n) is 4.84. The summed E-state index contributed by atoms with van der Waals surface area (Å²) in [5, 5.41) is 0.272. The van der Waals surface area contributed by atoms with E-state index in [4.69, 9.17) is 32.7 Å². The number of amides is 2. The van der Waals surface area contributed by atoms with Gasteiger partial charge in [0, 0.05) is 0 Å². The van der Waals surface area contributed by atoms with Gasteiger partial charge in [0.1, 0.15) is 18.9 Å². The molecule has 0 spiro atoms. The summed E-state index contributed by atoms with van der Waals surface area (Å²) in [6.07, 6.45) is 0. The van der Waals surface area contributed by atoms with Gasteiger partial charge in [-0.3, -0.25) is 19.3 Å². The largest absolute Gasteiger partial charge is 0.459 e. The Bertz CT molecular complexity index is 1220. The number of rotatable bonds is 6. The van der Waals surface area contributed by atoms with Crippen LogP contribution in [0.4, 0.5) is 0 Å². The summed E-state index contributed by atoms with van der Waals surface area (Å²) in [5.74, 6) is -2.15. The molecule has 0 saturated heterocycles. The van der Waals surface area contributed by atoms with Crippen molar-refractivity contribution >= 4 is 47.0 Å². The summed E-state index contributed by atoms with van der Waals surface area (Å²) < 4.78 is 10.4. The van der Waals surface area contributed by atoms with Crippen molar-refractivity contribution < 1.29 is 28.7 Å². The lowest BCUT2D eigenvalue weighted by Gasteiger charge is -2.13. The van der Waals surface area contributed by atoms with E-state index in [0.29, 0.717) is 16.9 Å². The molecule has 0 fully saturated rings. The first-order chi connectivity index (χ1) is 15.8. The monoisotopic (exact) mass is 483 g/mol. The highest BCUT2D eigenvalue weighted by Crippen LogP contribution is 2.31. The minimum absolute atomic E-state index is 0.0835. The Morgan fingerprint density at radius 1 is 0.818 bits per heavy atom. The van der Waals surface area contributed by atoms with Gasteiger partial charge in [-0.2, -0.15) is 0 Å². The standard InChI is InChI=1S/C24H15Cl2NO6/c25-19-10-17-18(11-20(19)26)23(30)27(22(17)29)12-21(28)32-13-14-6-8-15(9-7-14)24(31)33-16-4-2-1-3-5-16/h1-11H,12-13H2. The van der Waals surface area contributed by atoms with E-state index in [1.807, 2.05) is 6.07 Å². The number of imide groups is 1. The second kappa shape index (κ2) is 9.44. The molecular formula is C24H15Cl2NO6. The highest BCUT2D eigenvalue weighted by Gasteiger charge is 2.37. The zero-order valence-electron chi connectivity index (χ0n) is 16.9. The second-order valence-corrected chi connectivity index (χ2v) is 7.88. The topological polar surface area (TPSA) is 90.0 Å². The molecule has 0 aromatic heterocycles. The van der Waals surface area contributed by atoms with E-state index in [1.54, 1.807) is 48.5 Å². The van der Waals surface area contributed by atoms with Crippen LogP contribution in [0.1, 0.15) is 36.6 Å². The Balaban J connectivity index is 1.32. The van der Waals surface area contributed by atoms with Gasteiger partial charge in [-0.25, -0.2) is 4.79 Å². The number of nitrogens with zero attached hydrogens (tertiary/aromatic N) is 1. The van der Waals surface area contributed by atoms with Crippen molar-refractivity contribution in [3.05, 3.63) is 99.0 Å². The third-order valence-corrected chi connectivity index (χ3v) is 5.56. The molecule has 0 saturated carbocycles. The smallest absolute Gasteiger partial charge is 0.343 e. The summed E-state index contributed by atoms with van der Waals surface area (Å²) >= 11 is 11.8. The number of esters is 2. The van der Waals surface area contributed by atoms with Gasteiger partial charge in [0.05, 0.1) is 26.7 Å². The summed E-state index contributed by atoms with van der Waals surface area (Å²) in [6.45, 7) is -0.656.